The number of anilines is 2. The number of ether oxygens (including phenoxy) is 2. The van der Waals surface area contributed by atoms with Crippen molar-refractivity contribution in [1.29, 1.82) is 0 Å². The topological polar surface area (TPSA) is 102 Å². The molecule has 4 rings (SSSR count). The molecule has 4 aromatic rings. The highest BCUT2D eigenvalue weighted by molar-refractivity contribution is 6.13. The Hall–Kier alpha value is -4.72. The van der Waals surface area contributed by atoms with Crippen molar-refractivity contribution >= 4 is 23.2 Å². The van der Waals surface area contributed by atoms with E-state index in [9.17, 15) is 9.59 Å². The molecular weight excluding hydrogens is 444 g/mol. The van der Waals surface area contributed by atoms with Gasteiger partial charge < -0.3 is 20.1 Å². The number of para-hydroxylation sites is 1. The molecule has 2 aromatic carbocycles. The van der Waals surface area contributed by atoms with E-state index in [1.54, 1.807) is 74.4 Å². The molecule has 2 N–H and O–H groups in total. The molecule has 0 atom stereocenters. The predicted molar refractivity (Wildman–Crippen MR) is 133 cm³/mol. The fraction of sp³-hybridized carbons (Fsp3) is 0.111. The highest BCUT2D eigenvalue weighted by Crippen LogP contribution is 2.31. The summed E-state index contributed by atoms with van der Waals surface area (Å²) in [7, 11) is 1.55. The Morgan fingerprint density at radius 3 is 2.26 bits per heavy atom. The number of nitrogens with one attached hydrogen (secondary N) is 2. The Morgan fingerprint density at radius 2 is 1.54 bits per heavy atom. The number of amides is 2. The van der Waals surface area contributed by atoms with E-state index in [4.69, 9.17) is 9.47 Å². The molecular formula is C27H24N4O4. The van der Waals surface area contributed by atoms with Crippen LogP contribution >= 0.6 is 0 Å². The average Bonchev–Trinajstić information content (AvgIpc) is 2.89. The first-order chi connectivity index (χ1) is 17.0. The summed E-state index contributed by atoms with van der Waals surface area (Å²) in [5.74, 6) is 0.325. The molecule has 0 fully saturated rings. The van der Waals surface area contributed by atoms with E-state index >= 15 is 0 Å². The third kappa shape index (κ3) is 5.80. The summed E-state index contributed by atoms with van der Waals surface area (Å²) in [6.45, 7) is 2.15. The minimum absolute atomic E-state index is 0.319. The van der Waals surface area contributed by atoms with Crippen LogP contribution in [0.4, 0.5) is 11.4 Å². The summed E-state index contributed by atoms with van der Waals surface area (Å²) in [5.41, 5.74) is 3.45. The van der Waals surface area contributed by atoms with Crippen molar-refractivity contribution in [2.75, 3.05) is 17.7 Å². The zero-order valence-corrected chi connectivity index (χ0v) is 19.3. The fourth-order valence-corrected chi connectivity index (χ4v) is 3.42. The number of rotatable bonds is 8. The lowest BCUT2D eigenvalue weighted by molar-refractivity contribution is 0.102. The Bertz CT molecular complexity index is 1330. The van der Waals surface area contributed by atoms with Crippen molar-refractivity contribution in [1.82, 2.24) is 9.97 Å². The first-order valence-corrected chi connectivity index (χ1v) is 10.9. The Labute approximate surface area is 203 Å². The summed E-state index contributed by atoms with van der Waals surface area (Å²) >= 11 is 0. The van der Waals surface area contributed by atoms with Gasteiger partial charge in [-0.25, -0.2) is 0 Å². The van der Waals surface area contributed by atoms with Crippen LogP contribution in [0.3, 0.4) is 0 Å². The molecule has 176 valence electrons. The third-order valence-electron chi connectivity index (χ3n) is 5.26. The molecule has 2 aromatic heterocycles. The SMILES string of the molecule is COc1ccc(NC(=O)c2cccc(C)c2NC(=O)c2ccncc2)cc1OCc1ccncc1. The highest BCUT2D eigenvalue weighted by Gasteiger charge is 2.17. The number of benzene rings is 2. The van der Waals surface area contributed by atoms with Gasteiger partial charge in [0.1, 0.15) is 6.61 Å². The van der Waals surface area contributed by atoms with Gasteiger partial charge >= 0.3 is 0 Å². The second-order valence-corrected chi connectivity index (χ2v) is 7.65. The van der Waals surface area contributed by atoms with Crippen LogP contribution in [0.15, 0.2) is 85.5 Å². The van der Waals surface area contributed by atoms with Gasteiger partial charge in [-0.2, -0.15) is 0 Å². The lowest BCUT2D eigenvalue weighted by atomic mass is 10.1. The van der Waals surface area contributed by atoms with Gasteiger partial charge in [0, 0.05) is 42.1 Å². The largest absolute Gasteiger partial charge is 0.493 e. The normalized spacial score (nSPS) is 10.3. The van der Waals surface area contributed by atoms with Gasteiger partial charge in [-0.3, -0.25) is 19.6 Å². The highest BCUT2D eigenvalue weighted by atomic mass is 16.5. The summed E-state index contributed by atoms with van der Waals surface area (Å²) in [6, 6.07) is 17.3. The second-order valence-electron chi connectivity index (χ2n) is 7.65. The van der Waals surface area contributed by atoms with Gasteiger partial charge in [0.2, 0.25) is 0 Å². The van der Waals surface area contributed by atoms with Crippen molar-refractivity contribution in [3.8, 4) is 11.5 Å². The van der Waals surface area contributed by atoms with E-state index in [2.05, 4.69) is 20.6 Å². The quantitative estimate of drug-likeness (QED) is 0.382. The zero-order chi connectivity index (χ0) is 24.6. The van der Waals surface area contributed by atoms with E-state index < -0.39 is 0 Å². The summed E-state index contributed by atoms with van der Waals surface area (Å²) in [4.78, 5) is 33.8. The molecule has 0 bridgehead atoms. The van der Waals surface area contributed by atoms with E-state index in [-0.39, 0.29) is 11.8 Å². The number of nitrogens with zero attached hydrogens (tertiary/aromatic N) is 2. The van der Waals surface area contributed by atoms with Crippen LogP contribution in [0.25, 0.3) is 0 Å². The van der Waals surface area contributed by atoms with Crippen LogP contribution < -0.4 is 20.1 Å². The molecule has 35 heavy (non-hydrogen) atoms. The monoisotopic (exact) mass is 468 g/mol. The molecule has 0 aliphatic heterocycles. The van der Waals surface area contributed by atoms with Gasteiger partial charge in [-0.05, 0) is 60.5 Å². The van der Waals surface area contributed by atoms with Gasteiger partial charge in [-0.15, -0.1) is 0 Å². The van der Waals surface area contributed by atoms with E-state index in [1.807, 2.05) is 25.1 Å². The molecule has 0 saturated carbocycles. The number of hydrogen-bond donors (Lipinski definition) is 2. The maximum atomic E-state index is 13.2. The lowest BCUT2D eigenvalue weighted by Gasteiger charge is -2.15. The maximum Gasteiger partial charge on any atom is 0.257 e. The molecule has 0 unspecified atom stereocenters. The lowest BCUT2D eigenvalue weighted by Crippen LogP contribution is -2.19. The number of aryl methyl sites for hydroxylation is 1. The van der Waals surface area contributed by atoms with Gasteiger partial charge in [0.25, 0.3) is 11.8 Å². The number of hydrogen-bond acceptors (Lipinski definition) is 6. The number of carbonyl (C=O) groups is 2. The van der Waals surface area contributed by atoms with Crippen molar-refractivity contribution in [3.63, 3.8) is 0 Å². The fourth-order valence-electron chi connectivity index (χ4n) is 3.42. The molecule has 0 aliphatic carbocycles. The molecule has 0 saturated heterocycles. The van der Waals surface area contributed by atoms with Crippen molar-refractivity contribution in [3.05, 3.63) is 108 Å². The van der Waals surface area contributed by atoms with Crippen molar-refractivity contribution in [2.45, 2.75) is 13.5 Å². The van der Waals surface area contributed by atoms with Gasteiger partial charge in [0.15, 0.2) is 11.5 Å². The molecule has 2 amide bonds. The smallest absolute Gasteiger partial charge is 0.257 e. The number of pyridine rings is 2. The molecule has 0 spiro atoms. The molecule has 8 nitrogen and oxygen atoms in total. The van der Waals surface area contributed by atoms with Crippen LogP contribution in [-0.4, -0.2) is 28.9 Å². The Morgan fingerprint density at radius 1 is 0.829 bits per heavy atom. The molecule has 2 heterocycles. The number of carbonyl (C=O) groups excluding carboxylic acids is 2. The summed E-state index contributed by atoms with van der Waals surface area (Å²) in [6.07, 6.45) is 6.47. The Kier molecular flexibility index (Phi) is 7.32. The summed E-state index contributed by atoms with van der Waals surface area (Å²) < 4.78 is 11.3. The third-order valence-corrected chi connectivity index (χ3v) is 5.26. The number of aromatic nitrogens is 2. The van der Waals surface area contributed by atoms with Gasteiger partial charge in [-0.1, -0.05) is 12.1 Å². The molecule has 0 aliphatic rings. The molecule has 8 heteroatoms. The Balaban J connectivity index is 1.53. The zero-order valence-electron chi connectivity index (χ0n) is 19.3. The summed E-state index contributed by atoms with van der Waals surface area (Å²) in [5, 5.41) is 5.74. The van der Waals surface area contributed by atoms with Crippen LogP contribution in [0.5, 0.6) is 11.5 Å². The first kappa shape index (κ1) is 23.4. The minimum atomic E-state index is -0.371. The second kappa shape index (κ2) is 10.9. The maximum absolute atomic E-state index is 13.2. The first-order valence-electron chi connectivity index (χ1n) is 10.9. The number of methoxy groups -OCH3 is 1. The minimum Gasteiger partial charge on any atom is -0.493 e. The average molecular weight is 469 g/mol. The van der Waals surface area contributed by atoms with E-state index in [0.717, 1.165) is 11.1 Å². The van der Waals surface area contributed by atoms with Crippen LogP contribution in [0, 0.1) is 6.92 Å². The standard InChI is InChI=1S/C27H24N4O4/c1-18-4-3-5-22(25(18)31-26(32)20-10-14-29-15-11-20)27(33)30-21-6-7-23(34-2)24(16-21)35-17-19-8-12-28-13-9-19/h3-16H,17H2,1-2H3,(H,30,33)(H,31,32). The van der Waals surface area contributed by atoms with Crippen molar-refractivity contribution < 1.29 is 19.1 Å². The van der Waals surface area contributed by atoms with E-state index in [0.29, 0.717) is 40.6 Å². The van der Waals surface area contributed by atoms with Crippen LogP contribution in [-0.2, 0) is 6.61 Å². The van der Waals surface area contributed by atoms with Gasteiger partial charge in [0.05, 0.1) is 18.4 Å². The van der Waals surface area contributed by atoms with Crippen molar-refractivity contribution in [2.24, 2.45) is 0 Å². The van der Waals surface area contributed by atoms with Crippen LogP contribution in [0.2, 0.25) is 0 Å². The predicted octanol–water partition coefficient (Wildman–Crippen LogP) is 4.88. The van der Waals surface area contributed by atoms with E-state index in [1.165, 1.54) is 0 Å². The molecule has 0 radical (unpaired) electrons. The van der Waals surface area contributed by atoms with Crippen LogP contribution in [0.1, 0.15) is 31.8 Å².